The van der Waals surface area contributed by atoms with Crippen LogP contribution in [0.3, 0.4) is 0 Å². The molecule has 0 unspecified atom stereocenters. The molecule has 5 nitrogen and oxygen atoms in total. The molecule has 6 heteroatoms. The zero-order valence-corrected chi connectivity index (χ0v) is 17.0. The SMILES string of the molecule is CC(C)c1oc2cc(OCCn3cccn3)ccc2c(=O)c1-c1ccc(Cl)cc1. The van der Waals surface area contributed by atoms with Gasteiger partial charge < -0.3 is 9.15 Å². The van der Waals surface area contributed by atoms with Gasteiger partial charge in [0.15, 0.2) is 0 Å². The van der Waals surface area contributed by atoms with Crippen molar-refractivity contribution in [3.05, 3.63) is 81.9 Å². The Balaban J connectivity index is 1.71. The molecule has 2 aromatic carbocycles. The van der Waals surface area contributed by atoms with Crippen molar-refractivity contribution in [3.8, 4) is 16.9 Å². The maximum atomic E-state index is 13.3. The molecule has 0 spiro atoms. The number of hydrogen-bond donors (Lipinski definition) is 0. The van der Waals surface area contributed by atoms with E-state index >= 15 is 0 Å². The molecule has 2 aromatic heterocycles. The van der Waals surface area contributed by atoms with Crippen LogP contribution in [0.1, 0.15) is 25.5 Å². The minimum atomic E-state index is -0.0552. The van der Waals surface area contributed by atoms with E-state index in [1.807, 2.05) is 38.2 Å². The summed E-state index contributed by atoms with van der Waals surface area (Å²) in [7, 11) is 0. The predicted molar refractivity (Wildman–Crippen MR) is 115 cm³/mol. The summed E-state index contributed by atoms with van der Waals surface area (Å²) in [6.45, 7) is 5.13. The minimum absolute atomic E-state index is 0.0437. The number of fused-ring (bicyclic) bond motifs is 1. The monoisotopic (exact) mass is 408 g/mol. The van der Waals surface area contributed by atoms with Gasteiger partial charge >= 0.3 is 0 Å². The average Bonchev–Trinajstić information content (AvgIpc) is 3.22. The summed E-state index contributed by atoms with van der Waals surface area (Å²) in [5.41, 5.74) is 1.85. The fourth-order valence-electron chi connectivity index (χ4n) is 3.27. The molecule has 29 heavy (non-hydrogen) atoms. The van der Waals surface area contributed by atoms with Crippen molar-refractivity contribution in [2.75, 3.05) is 6.61 Å². The second-order valence-corrected chi connectivity index (χ2v) is 7.54. The molecular formula is C23H21ClN2O3. The van der Waals surface area contributed by atoms with Crippen LogP contribution in [-0.2, 0) is 6.54 Å². The molecule has 0 aliphatic rings. The van der Waals surface area contributed by atoms with E-state index in [0.717, 1.165) is 5.56 Å². The maximum absolute atomic E-state index is 13.3. The summed E-state index contributed by atoms with van der Waals surface area (Å²) < 4.78 is 13.8. The highest BCUT2D eigenvalue weighted by Gasteiger charge is 2.19. The molecule has 148 valence electrons. The molecule has 0 aliphatic carbocycles. The molecule has 0 saturated carbocycles. The van der Waals surface area contributed by atoms with E-state index in [2.05, 4.69) is 5.10 Å². The number of ether oxygens (including phenoxy) is 1. The van der Waals surface area contributed by atoms with E-state index in [4.69, 9.17) is 20.8 Å². The largest absolute Gasteiger partial charge is 0.492 e. The van der Waals surface area contributed by atoms with E-state index in [1.54, 1.807) is 41.2 Å². The highest BCUT2D eigenvalue weighted by Crippen LogP contribution is 2.31. The number of hydrogen-bond acceptors (Lipinski definition) is 4. The second kappa shape index (κ2) is 8.13. The van der Waals surface area contributed by atoms with Gasteiger partial charge in [-0.15, -0.1) is 0 Å². The summed E-state index contributed by atoms with van der Waals surface area (Å²) in [6, 6.07) is 14.4. The molecule has 0 fully saturated rings. The number of nitrogens with zero attached hydrogens (tertiary/aromatic N) is 2. The van der Waals surface area contributed by atoms with Gasteiger partial charge in [0.1, 0.15) is 23.7 Å². The van der Waals surface area contributed by atoms with Crippen molar-refractivity contribution in [3.63, 3.8) is 0 Å². The molecule has 4 rings (SSSR count). The highest BCUT2D eigenvalue weighted by molar-refractivity contribution is 6.30. The third-order valence-corrected chi connectivity index (χ3v) is 4.95. The van der Waals surface area contributed by atoms with Crippen LogP contribution in [0.2, 0.25) is 5.02 Å². The number of rotatable bonds is 6. The molecule has 0 atom stereocenters. The summed E-state index contributed by atoms with van der Waals surface area (Å²) in [6.07, 6.45) is 3.62. The van der Waals surface area contributed by atoms with Gasteiger partial charge in [0, 0.05) is 29.4 Å². The summed E-state index contributed by atoms with van der Waals surface area (Å²) in [5.74, 6) is 1.35. The van der Waals surface area contributed by atoms with Gasteiger partial charge in [0.25, 0.3) is 0 Å². The minimum Gasteiger partial charge on any atom is -0.492 e. The lowest BCUT2D eigenvalue weighted by Crippen LogP contribution is -2.11. The third-order valence-electron chi connectivity index (χ3n) is 4.70. The van der Waals surface area contributed by atoms with Crippen LogP contribution in [0.5, 0.6) is 5.75 Å². The Morgan fingerprint density at radius 3 is 2.66 bits per heavy atom. The first-order chi connectivity index (χ1) is 14.0. The van der Waals surface area contributed by atoms with Gasteiger partial charge in [0.2, 0.25) is 5.43 Å². The molecule has 0 amide bonds. The van der Waals surface area contributed by atoms with E-state index in [1.165, 1.54) is 0 Å². The fourth-order valence-corrected chi connectivity index (χ4v) is 3.39. The van der Waals surface area contributed by atoms with Gasteiger partial charge in [-0.05, 0) is 35.9 Å². The number of halogens is 1. The fraction of sp³-hybridized carbons (Fsp3) is 0.217. The van der Waals surface area contributed by atoms with Crippen molar-refractivity contribution in [1.82, 2.24) is 9.78 Å². The zero-order chi connectivity index (χ0) is 20.4. The Kier molecular flexibility index (Phi) is 5.41. The van der Waals surface area contributed by atoms with Crippen LogP contribution < -0.4 is 10.2 Å². The topological polar surface area (TPSA) is 57.3 Å². The number of benzene rings is 2. The Morgan fingerprint density at radius 2 is 1.97 bits per heavy atom. The standard InChI is InChI=1S/C23H21ClN2O3/c1-15(2)23-21(16-4-6-17(24)7-5-16)22(27)19-9-8-18(14-20(19)29-23)28-13-12-26-11-3-10-25-26/h3-11,14-15H,12-13H2,1-2H3. The van der Waals surface area contributed by atoms with Crippen LogP contribution >= 0.6 is 11.6 Å². The highest BCUT2D eigenvalue weighted by atomic mass is 35.5. The van der Waals surface area contributed by atoms with E-state index in [0.29, 0.717) is 46.2 Å². The van der Waals surface area contributed by atoms with Crippen LogP contribution in [0.15, 0.2) is 70.1 Å². The van der Waals surface area contributed by atoms with Crippen molar-refractivity contribution < 1.29 is 9.15 Å². The lowest BCUT2D eigenvalue weighted by molar-refractivity contribution is 0.291. The third kappa shape index (κ3) is 4.05. The molecule has 0 N–H and O–H groups in total. The molecule has 0 aliphatic heterocycles. The smallest absolute Gasteiger partial charge is 0.200 e. The Morgan fingerprint density at radius 1 is 1.17 bits per heavy atom. The second-order valence-electron chi connectivity index (χ2n) is 7.11. The van der Waals surface area contributed by atoms with Crippen LogP contribution in [0.25, 0.3) is 22.1 Å². The van der Waals surface area contributed by atoms with Gasteiger partial charge in [-0.3, -0.25) is 9.48 Å². The molecular weight excluding hydrogens is 388 g/mol. The van der Waals surface area contributed by atoms with Crippen molar-refractivity contribution >= 4 is 22.6 Å². The average molecular weight is 409 g/mol. The normalized spacial score (nSPS) is 11.3. The van der Waals surface area contributed by atoms with Gasteiger partial charge in [-0.1, -0.05) is 37.6 Å². The van der Waals surface area contributed by atoms with Crippen LogP contribution in [0.4, 0.5) is 0 Å². The van der Waals surface area contributed by atoms with Crippen LogP contribution in [0, 0.1) is 0 Å². The molecule has 2 heterocycles. The Labute approximate surface area is 173 Å². The van der Waals surface area contributed by atoms with Crippen molar-refractivity contribution in [2.24, 2.45) is 0 Å². The molecule has 0 saturated heterocycles. The van der Waals surface area contributed by atoms with E-state index in [-0.39, 0.29) is 11.3 Å². The van der Waals surface area contributed by atoms with Crippen LogP contribution in [-0.4, -0.2) is 16.4 Å². The van der Waals surface area contributed by atoms with E-state index < -0.39 is 0 Å². The number of aromatic nitrogens is 2. The quantitative estimate of drug-likeness (QED) is 0.422. The summed E-state index contributed by atoms with van der Waals surface area (Å²) >= 11 is 6.01. The molecule has 0 bridgehead atoms. The lowest BCUT2D eigenvalue weighted by Gasteiger charge is -2.14. The van der Waals surface area contributed by atoms with E-state index in [9.17, 15) is 4.79 Å². The summed E-state index contributed by atoms with van der Waals surface area (Å²) in [4.78, 5) is 13.3. The van der Waals surface area contributed by atoms with Gasteiger partial charge in [-0.2, -0.15) is 5.10 Å². The van der Waals surface area contributed by atoms with Gasteiger partial charge in [-0.25, -0.2) is 0 Å². The van der Waals surface area contributed by atoms with Crippen molar-refractivity contribution in [2.45, 2.75) is 26.3 Å². The summed E-state index contributed by atoms with van der Waals surface area (Å²) in [5, 5.41) is 5.31. The predicted octanol–water partition coefficient (Wildman–Crippen LogP) is 5.51. The first-order valence-corrected chi connectivity index (χ1v) is 9.87. The first kappa shape index (κ1) is 19.3. The maximum Gasteiger partial charge on any atom is 0.200 e. The van der Waals surface area contributed by atoms with Gasteiger partial charge in [0.05, 0.1) is 17.5 Å². The first-order valence-electron chi connectivity index (χ1n) is 9.50. The van der Waals surface area contributed by atoms with Crippen molar-refractivity contribution in [1.29, 1.82) is 0 Å². The molecule has 0 radical (unpaired) electrons. The Bertz CT molecular complexity index is 1180. The zero-order valence-electron chi connectivity index (χ0n) is 16.3. The molecule has 4 aromatic rings. The lowest BCUT2D eigenvalue weighted by atomic mass is 9.97. The Hall–Kier alpha value is -3.05.